The number of piperidine rings is 1. The molecular weight excluding hydrogens is 450 g/mol. The maximum Gasteiger partial charge on any atom is 0.244 e. The minimum absolute atomic E-state index is 0.0991. The van der Waals surface area contributed by atoms with Crippen molar-refractivity contribution in [2.45, 2.75) is 50.3 Å². The van der Waals surface area contributed by atoms with Crippen LogP contribution < -0.4 is 5.32 Å². The zero-order valence-corrected chi connectivity index (χ0v) is 19.9. The van der Waals surface area contributed by atoms with Gasteiger partial charge in [-0.25, -0.2) is 13.4 Å². The molecule has 11 heteroatoms. The highest BCUT2D eigenvalue weighted by atomic mass is 32.2. The Kier molecular flexibility index (Phi) is 7.21. The zero-order chi connectivity index (χ0) is 22.7. The molecule has 0 radical (unpaired) electrons. The van der Waals surface area contributed by atoms with Crippen molar-refractivity contribution in [3.05, 3.63) is 35.6 Å². The SMILES string of the molecule is C[C@@H]1CN(Cc2csc(NC(=O)C3CCN(S(=O)(=O)c4cccnc4)CC3)n2)C[C@H](C)O1. The van der Waals surface area contributed by atoms with Gasteiger partial charge in [0.1, 0.15) is 4.90 Å². The van der Waals surface area contributed by atoms with E-state index < -0.39 is 10.0 Å². The molecule has 174 valence electrons. The van der Waals surface area contributed by atoms with Gasteiger partial charge in [-0.15, -0.1) is 11.3 Å². The van der Waals surface area contributed by atoms with Crippen molar-refractivity contribution in [3.8, 4) is 0 Å². The fourth-order valence-corrected chi connectivity index (χ4v) is 6.43. The van der Waals surface area contributed by atoms with Gasteiger partial charge in [0.15, 0.2) is 5.13 Å². The first-order chi connectivity index (χ1) is 15.3. The third kappa shape index (κ3) is 5.52. The predicted molar refractivity (Wildman–Crippen MR) is 122 cm³/mol. The van der Waals surface area contributed by atoms with Gasteiger partial charge in [-0.05, 0) is 38.8 Å². The van der Waals surface area contributed by atoms with Gasteiger partial charge < -0.3 is 10.1 Å². The molecule has 2 aromatic rings. The number of sulfonamides is 1. The molecule has 2 aliphatic rings. The van der Waals surface area contributed by atoms with Gasteiger partial charge in [0, 0.05) is 56.4 Å². The summed E-state index contributed by atoms with van der Waals surface area (Å²) in [5.74, 6) is -0.332. The highest BCUT2D eigenvalue weighted by Crippen LogP contribution is 2.26. The second kappa shape index (κ2) is 9.92. The summed E-state index contributed by atoms with van der Waals surface area (Å²) in [6.45, 7) is 7.23. The molecule has 1 N–H and O–H groups in total. The molecule has 2 atom stereocenters. The number of nitrogens with one attached hydrogen (secondary N) is 1. The van der Waals surface area contributed by atoms with E-state index in [2.05, 4.69) is 34.0 Å². The van der Waals surface area contributed by atoms with Gasteiger partial charge in [0.2, 0.25) is 15.9 Å². The van der Waals surface area contributed by atoms with Crippen LogP contribution in [0.3, 0.4) is 0 Å². The summed E-state index contributed by atoms with van der Waals surface area (Å²) in [6.07, 6.45) is 4.25. The van der Waals surface area contributed by atoms with Crippen LogP contribution in [0.25, 0.3) is 0 Å². The summed E-state index contributed by atoms with van der Waals surface area (Å²) in [5, 5.41) is 5.48. The number of hydrogen-bond donors (Lipinski definition) is 1. The van der Waals surface area contributed by atoms with Crippen molar-refractivity contribution in [2.75, 3.05) is 31.5 Å². The van der Waals surface area contributed by atoms with E-state index in [1.165, 1.54) is 21.8 Å². The second-order valence-corrected chi connectivity index (χ2v) is 11.2. The number of nitrogens with zero attached hydrogens (tertiary/aromatic N) is 4. The lowest BCUT2D eigenvalue weighted by molar-refractivity contribution is -0.120. The predicted octanol–water partition coefficient (Wildman–Crippen LogP) is 2.19. The molecule has 32 heavy (non-hydrogen) atoms. The number of aromatic nitrogens is 2. The normalized spacial score (nSPS) is 23.8. The first kappa shape index (κ1) is 23.2. The average Bonchev–Trinajstić information content (AvgIpc) is 3.20. The number of pyridine rings is 1. The summed E-state index contributed by atoms with van der Waals surface area (Å²) in [5.41, 5.74) is 0.934. The van der Waals surface area contributed by atoms with Crippen molar-refractivity contribution in [2.24, 2.45) is 5.92 Å². The molecule has 0 spiro atoms. The molecule has 9 nitrogen and oxygen atoms in total. The average molecular weight is 480 g/mol. The first-order valence-corrected chi connectivity index (χ1v) is 13.2. The number of morpholine rings is 1. The van der Waals surface area contributed by atoms with Crippen LogP contribution in [0.2, 0.25) is 0 Å². The van der Waals surface area contributed by atoms with Crippen LogP contribution in [0.5, 0.6) is 0 Å². The van der Waals surface area contributed by atoms with E-state index in [0.29, 0.717) is 31.1 Å². The van der Waals surface area contributed by atoms with E-state index >= 15 is 0 Å². The van der Waals surface area contributed by atoms with Crippen LogP contribution in [-0.4, -0.2) is 71.9 Å². The van der Waals surface area contributed by atoms with Crippen LogP contribution in [-0.2, 0) is 26.1 Å². The second-order valence-electron chi connectivity index (χ2n) is 8.45. The molecule has 0 bridgehead atoms. The van der Waals surface area contributed by atoms with Crippen LogP contribution in [0, 0.1) is 5.92 Å². The zero-order valence-electron chi connectivity index (χ0n) is 18.3. The molecule has 2 aromatic heterocycles. The van der Waals surface area contributed by atoms with Crippen LogP contribution in [0.4, 0.5) is 5.13 Å². The van der Waals surface area contributed by atoms with Crippen molar-refractivity contribution in [3.63, 3.8) is 0 Å². The van der Waals surface area contributed by atoms with Gasteiger partial charge in [0.05, 0.1) is 17.9 Å². The number of rotatable bonds is 6. The molecule has 2 aliphatic heterocycles. The molecule has 0 aromatic carbocycles. The lowest BCUT2D eigenvalue weighted by Gasteiger charge is -2.34. The molecule has 2 fully saturated rings. The fraction of sp³-hybridized carbons (Fsp3) is 0.571. The Morgan fingerprint density at radius 1 is 1.25 bits per heavy atom. The van der Waals surface area contributed by atoms with Crippen molar-refractivity contribution in [1.29, 1.82) is 0 Å². The number of anilines is 1. The summed E-state index contributed by atoms with van der Waals surface area (Å²) < 4.78 is 32.7. The summed E-state index contributed by atoms with van der Waals surface area (Å²) >= 11 is 1.42. The molecule has 0 saturated carbocycles. The van der Waals surface area contributed by atoms with E-state index in [-0.39, 0.29) is 28.9 Å². The van der Waals surface area contributed by atoms with E-state index in [0.717, 1.165) is 25.3 Å². The minimum atomic E-state index is -3.57. The van der Waals surface area contributed by atoms with Gasteiger partial charge >= 0.3 is 0 Å². The standard InChI is InChI=1S/C21H29N5O4S2/c1-15-11-25(12-16(2)30-15)13-18-14-31-21(23-18)24-20(27)17-5-8-26(9-6-17)32(28,29)19-4-3-7-22-10-19/h3-4,7,10,14-17H,5-6,8-9,11-13H2,1-2H3,(H,23,24,27)/t15-,16+. The largest absolute Gasteiger partial charge is 0.373 e. The van der Waals surface area contributed by atoms with Gasteiger partial charge in [0.25, 0.3) is 0 Å². The maximum absolute atomic E-state index is 12.7. The Hall–Kier alpha value is -1.92. The number of amides is 1. The van der Waals surface area contributed by atoms with Crippen LogP contribution in [0.1, 0.15) is 32.4 Å². The summed E-state index contributed by atoms with van der Waals surface area (Å²) in [6, 6.07) is 3.15. The molecular formula is C21H29N5O4S2. The van der Waals surface area contributed by atoms with Gasteiger partial charge in [-0.1, -0.05) is 0 Å². The van der Waals surface area contributed by atoms with E-state index in [4.69, 9.17) is 4.74 Å². The molecule has 1 amide bonds. The molecule has 4 rings (SSSR count). The number of hydrogen-bond acceptors (Lipinski definition) is 8. The lowest BCUT2D eigenvalue weighted by Crippen LogP contribution is -2.44. The van der Waals surface area contributed by atoms with Crippen molar-refractivity contribution in [1.82, 2.24) is 19.2 Å². The molecule has 0 aliphatic carbocycles. The number of carbonyl (C=O) groups excluding carboxylic acids is 1. The van der Waals surface area contributed by atoms with Crippen molar-refractivity contribution < 1.29 is 17.9 Å². The Morgan fingerprint density at radius 2 is 1.97 bits per heavy atom. The maximum atomic E-state index is 12.7. The highest BCUT2D eigenvalue weighted by Gasteiger charge is 2.32. The van der Waals surface area contributed by atoms with Crippen LogP contribution >= 0.6 is 11.3 Å². The van der Waals surface area contributed by atoms with Gasteiger partial charge in [-0.3, -0.25) is 14.7 Å². The van der Waals surface area contributed by atoms with E-state index in [1.54, 1.807) is 18.3 Å². The Labute approximate surface area is 192 Å². The van der Waals surface area contributed by atoms with E-state index in [9.17, 15) is 13.2 Å². The van der Waals surface area contributed by atoms with E-state index in [1.807, 2.05) is 5.38 Å². The number of ether oxygens (including phenoxy) is 1. The third-order valence-corrected chi connectivity index (χ3v) is 8.45. The Morgan fingerprint density at radius 3 is 2.62 bits per heavy atom. The smallest absolute Gasteiger partial charge is 0.244 e. The molecule has 0 unspecified atom stereocenters. The summed E-state index contributed by atoms with van der Waals surface area (Å²) in [7, 11) is -3.57. The molecule has 2 saturated heterocycles. The Balaban J connectivity index is 1.28. The number of thiazole rings is 1. The van der Waals surface area contributed by atoms with Crippen LogP contribution in [0.15, 0.2) is 34.8 Å². The summed E-state index contributed by atoms with van der Waals surface area (Å²) in [4.78, 5) is 23.7. The Bertz CT molecular complexity index is 1010. The lowest BCUT2D eigenvalue weighted by atomic mass is 9.97. The quantitative estimate of drug-likeness (QED) is 0.677. The highest BCUT2D eigenvalue weighted by molar-refractivity contribution is 7.89. The van der Waals surface area contributed by atoms with Gasteiger partial charge in [-0.2, -0.15) is 4.31 Å². The molecule has 4 heterocycles. The third-order valence-electron chi connectivity index (χ3n) is 5.76. The monoisotopic (exact) mass is 479 g/mol. The topological polar surface area (TPSA) is 105 Å². The first-order valence-electron chi connectivity index (χ1n) is 10.8. The minimum Gasteiger partial charge on any atom is -0.373 e. The fourth-order valence-electron chi connectivity index (χ4n) is 4.29. The van der Waals surface area contributed by atoms with Crippen molar-refractivity contribution >= 4 is 32.4 Å². The number of carbonyl (C=O) groups is 1.